The summed E-state index contributed by atoms with van der Waals surface area (Å²) in [4.78, 5) is 2.05. The first kappa shape index (κ1) is 17.9. The van der Waals surface area contributed by atoms with Crippen LogP contribution in [0.1, 0.15) is 11.6 Å². The number of anilines is 1. The average molecular weight is 398 g/mol. The van der Waals surface area contributed by atoms with Gasteiger partial charge in [0.05, 0.1) is 4.90 Å². The molecule has 0 aliphatic rings. The van der Waals surface area contributed by atoms with E-state index in [9.17, 15) is 8.42 Å². The molecule has 0 radical (unpaired) electrons. The molecule has 23 heavy (non-hydrogen) atoms. The summed E-state index contributed by atoms with van der Waals surface area (Å²) in [5, 5.41) is 0. The second kappa shape index (κ2) is 7.44. The van der Waals surface area contributed by atoms with E-state index in [0.29, 0.717) is 4.47 Å². The molecule has 1 atom stereocenters. The number of nitrogens with zero attached hydrogens (tertiary/aromatic N) is 1. The lowest BCUT2D eigenvalue weighted by molar-refractivity contribution is 0.572. The standard InChI is InChI=1S/C16H20BrN3O2S/c1-20(2)13-8-9-14(17)16(10-13)23(21,22)19-11-15(18)12-6-4-3-5-7-12/h3-10,15,19H,11,18H2,1-2H3. The van der Waals surface area contributed by atoms with Gasteiger partial charge in [0.25, 0.3) is 0 Å². The highest BCUT2D eigenvalue weighted by Crippen LogP contribution is 2.26. The van der Waals surface area contributed by atoms with Crippen LogP contribution < -0.4 is 15.4 Å². The first-order chi connectivity index (χ1) is 10.8. The van der Waals surface area contributed by atoms with Gasteiger partial charge in [0.15, 0.2) is 0 Å². The molecule has 0 saturated carbocycles. The molecule has 7 heteroatoms. The first-order valence-electron chi connectivity index (χ1n) is 7.08. The highest BCUT2D eigenvalue weighted by Gasteiger charge is 2.20. The van der Waals surface area contributed by atoms with Crippen molar-refractivity contribution in [2.45, 2.75) is 10.9 Å². The maximum Gasteiger partial charge on any atom is 0.241 e. The lowest BCUT2D eigenvalue weighted by Crippen LogP contribution is -2.32. The van der Waals surface area contributed by atoms with Gasteiger partial charge in [-0.1, -0.05) is 30.3 Å². The monoisotopic (exact) mass is 397 g/mol. The summed E-state index contributed by atoms with van der Waals surface area (Å²) in [6.45, 7) is 0.130. The van der Waals surface area contributed by atoms with Crippen LogP contribution in [0.4, 0.5) is 5.69 Å². The van der Waals surface area contributed by atoms with Crippen LogP contribution in [0.25, 0.3) is 0 Å². The van der Waals surface area contributed by atoms with E-state index < -0.39 is 16.1 Å². The quantitative estimate of drug-likeness (QED) is 0.784. The van der Waals surface area contributed by atoms with Crippen molar-refractivity contribution in [3.63, 3.8) is 0 Å². The topological polar surface area (TPSA) is 75.4 Å². The molecule has 1 unspecified atom stereocenters. The third kappa shape index (κ3) is 4.54. The Bertz CT molecular complexity index is 764. The van der Waals surface area contributed by atoms with Crippen molar-refractivity contribution >= 4 is 31.6 Å². The van der Waals surface area contributed by atoms with Gasteiger partial charge < -0.3 is 10.6 Å². The Labute approximate surface area is 145 Å². The molecule has 2 aromatic rings. The van der Waals surface area contributed by atoms with Crippen molar-refractivity contribution in [3.8, 4) is 0 Å². The summed E-state index contributed by atoms with van der Waals surface area (Å²) in [6.07, 6.45) is 0. The molecule has 0 aromatic heterocycles. The average Bonchev–Trinajstić information content (AvgIpc) is 2.53. The van der Waals surface area contributed by atoms with E-state index in [4.69, 9.17) is 5.73 Å². The van der Waals surface area contributed by atoms with E-state index in [1.54, 1.807) is 12.1 Å². The molecule has 0 bridgehead atoms. The predicted octanol–water partition coefficient (Wildman–Crippen LogP) is 2.49. The van der Waals surface area contributed by atoms with E-state index in [1.165, 1.54) is 0 Å². The Hall–Kier alpha value is -1.41. The minimum absolute atomic E-state index is 0.130. The van der Waals surface area contributed by atoms with Gasteiger partial charge in [-0.05, 0) is 39.7 Å². The second-order valence-corrected chi connectivity index (χ2v) is 7.97. The van der Waals surface area contributed by atoms with E-state index in [2.05, 4.69) is 20.7 Å². The Morgan fingerprint density at radius 1 is 1.17 bits per heavy atom. The van der Waals surface area contributed by atoms with E-state index in [1.807, 2.05) is 55.4 Å². The van der Waals surface area contributed by atoms with Gasteiger partial charge >= 0.3 is 0 Å². The van der Waals surface area contributed by atoms with Crippen molar-refractivity contribution in [3.05, 3.63) is 58.6 Å². The first-order valence-corrected chi connectivity index (χ1v) is 9.36. The third-order valence-corrected chi connectivity index (χ3v) is 5.86. The number of benzene rings is 2. The molecule has 2 aromatic carbocycles. The van der Waals surface area contributed by atoms with E-state index in [0.717, 1.165) is 11.3 Å². The maximum atomic E-state index is 12.5. The molecule has 0 fully saturated rings. The largest absolute Gasteiger partial charge is 0.378 e. The number of nitrogens with two attached hydrogens (primary N) is 1. The van der Waals surface area contributed by atoms with E-state index in [-0.39, 0.29) is 11.4 Å². The molecule has 5 nitrogen and oxygen atoms in total. The molecular formula is C16H20BrN3O2S. The number of sulfonamides is 1. The molecule has 0 heterocycles. The van der Waals surface area contributed by atoms with Crippen LogP contribution in [0.2, 0.25) is 0 Å². The molecule has 2 rings (SSSR count). The van der Waals surface area contributed by atoms with Crippen LogP contribution in [-0.2, 0) is 10.0 Å². The van der Waals surface area contributed by atoms with E-state index >= 15 is 0 Å². The summed E-state index contributed by atoms with van der Waals surface area (Å²) >= 11 is 3.30. The van der Waals surface area contributed by atoms with Gasteiger partial charge in [0.1, 0.15) is 0 Å². The van der Waals surface area contributed by atoms with Gasteiger partial charge in [0, 0.05) is 36.8 Å². The second-order valence-electron chi connectivity index (χ2n) is 5.38. The third-order valence-electron chi connectivity index (χ3n) is 3.44. The number of hydrogen-bond acceptors (Lipinski definition) is 4. The van der Waals surface area contributed by atoms with Crippen LogP contribution in [0.3, 0.4) is 0 Å². The molecule has 0 saturated heterocycles. The number of halogens is 1. The van der Waals surface area contributed by atoms with Crippen LogP contribution in [-0.4, -0.2) is 29.1 Å². The molecular weight excluding hydrogens is 378 g/mol. The molecule has 0 aliphatic carbocycles. The fraction of sp³-hybridized carbons (Fsp3) is 0.250. The van der Waals surface area contributed by atoms with Crippen molar-refractivity contribution in [2.75, 3.05) is 25.5 Å². The van der Waals surface area contributed by atoms with Crippen molar-refractivity contribution in [1.29, 1.82) is 0 Å². The predicted molar refractivity (Wildman–Crippen MR) is 97.0 cm³/mol. The highest BCUT2D eigenvalue weighted by molar-refractivity contribution is 9.10. The summed E-state index contributed by atoms with van der Waals surface area (Å²) in [6, 6.07) is 14.2. The molecule has 0 amide bonds. The smallest absolute Gasteiger partial charge is 0.241 e. The van der Waals surface area contributed by atoms with Crippen molar-refractivity contribution in [1.82, 2.24) is 4.72 Å². The number of hydrogen-bond donors (Lipinski definition) is 2. The Morgan fingerprint density at radius 3 is 2.43 bits per heavy atom. The normalized spacial score (nSPS) is 12.9. The molecule has 0 spiro atoms. The van der Waals surface area contributed by atoms with Gasteiger partial charge in [-0.3, -0.25) is 0 Å². The summed E-state index contributed by atoms with van der Waals surface area (Å²) in [7, 11) is 0.0654. The minimum atomic E-state index is -3.65. The summed E-state index contributed by atoms with van der Waals surface area (Å²) in [5.74, 6) is 0. The van der Waals surface area contributed by atoms with Crippen molar-refractivity contribution < 1.29 is 8.42 Å². The van der Waals surface area contributed by atoms with Gasteiger partial charge in [-0.15, -0.1) is 0 Å². The SMILES string of the molecule is CN(C)c1ccc(Br)c(S(=O)(=O)NCC(N)c2ccccc2)c1. The minimum Gasteiger partial charge on any atom is -0.378 e. The highest BCUT2D eigenvalue weighted by atomic mass is 79.9. The lowest BCUT2D eigenvalue weighted by Gasteiger charge is -2.17. The zero-order chi connectivity index (χ0) is 17.0. The number of rotatable bonds is 6. The van der Waals surface area contributed by atoms with Gasteiger partial charge in [0.2, 0.25) is 10.0 Å². The molecule has 124 valence electrons. The lowest BCUT2D eigenvalue weighted by atomic mass is 10.1. The van der Waals surface area contributed by atoms with Crippen LogP contribution in [0.15, 0.2) is 57.9 Å². The maximum absolute atomic E-state index is 12.5. The van der Waals surface area contributed by atoms with Crippen LogP contribution in [0.5, 0.6) is 0 Å². The van der Waals surface area contributed by atoms with Crippen LogP contribution >= 0.6 is 15.9 Å². The summed E-state index contributed by atoms with van der Waals surface area (Å²) < 4.78 is 28.2. The fourth-order valence-electron chi connectivity index (χ4n) is 2.07. The summed E-state index contributed by atoms with van der Waals surface area (Å²) in [5.41, 5.74) is 7.74. The van der Waals surface area contributed by atoms with Gasteiger partial charge in [-0.25, -0.2) is 13.1 Å². The Kier molecular flexibility index (Phi) is 5.80. The molecule has 3 N–H and O–H groups in total. The zero-order valence-corrected chi connectivity index (χ0v) is 15.4. The van der Waals surface area contributed by atoms with Crippen molar-refractivity contribution in [2.24, 2.45) is 5.73 Å². The molecule has 0 aliphatic heterocycles. The zero-order valence-electron chi connectivity index (χ0n) is 13.0. The Morgan fingerprint density at radius 2 is 1.83 bits per heavy atom. The van der Waals surface area contributed by atoms with Crippen LogP contribution in [0, 0.1) is 0 Å². The van der Waals surface area contributed by atoms with Gasteiger partial charge in [-0.2, -0.15) is 0 Å². The number of nitrogens with one attached hydrogen (secondary N) is 1. The Balaban J connectivity index is 2.18. The fourth-order valence-corrected chi connectivity index (χ4v) is 4.11.